The molecule has 1 N–H and O–H groups in total. The van der Waals surface area contributed by atoms with E-state index in [1.54, 1.807) is 4.52 Å². The summed E-state index contributed by atoms with van der Waals surface area (Å²) >= 11 is 1.29. The molecule has 0 saturated heterocycles. The number of benzene rings is 1. The Labute approximate surface area is 136 Å². The SMILES string of the molecule is O=C(O)CSc1c2c(nc3nc(-c4ccccc4)nn13)CCC2. The lowest BCUT2D eigenvalue weighted by Gasteiger charge is -2.07. The Balaban J connectivity index is 1.87. The molecule has 1 aliphatic carbocycles. The second kappa shape index (κ2) is 5.66. The van der Waals surface area contributed by atoms with Crippen molar-refractivity contribution in [2.75, 3.05) is 5.75 Å². The molecule has 2 aromatic heterocycles. The highest BCUT2D eigenvalue weighted by Gasteiger charge is 2.23. The summed E-state index contributed by atoms with van der Waals surface area (Å²) in [7, 11) is 0. The maximum absolute atomic E-state index is 11.0. The summed E-state index contributed by atoms with van der Waals surface area (Å²) in [5.41, 5.74) is 3.07. The van der Waals surface area contributed by atoms with E-state index in [0.29, 0.717) is 11.6 Å². The second-order valence-electron chi connectivity index (χ2n) is 5.39. The lowest BCUT2D eigenvalue weighted by molar-refractivity contribution is -0.133. The normalized spacial score (nSPS) is 13.4. The quantitative estimate of drug-likeness (QED) is 0.586. The molecule has 0 unspecified atom stereocenters. The Morgan fingerprint density at radius 3 is 2.83 bits per heavy atom. The molecule has 2 heterocycles. The zero-order valence-corrected chi connectivity index (χ0v) is 13.1. The van der Waals surface area contributed by atoms with Gasteiger partial charge in [0.2, 0.25) is 0 Å². The molecule has 3 aromatic rings. The van der Waals surface area contributed by atoms with Gasteiger partial charge >= 0.3 is 5.97 Å². The largest absolute Gasteiger partial charge is 0.481 e. The zero-order chi connectivity index (χ0) is 15.8. The van der Waals surface area contributed by atoms with Gasteiger partial charge in [-0.1, -0.05) is 42.1 Å². The van der Waals surface area contributed by atoms with Crippen LogP contribution in [0.3, 0.4) is 0 Å². The third-order valence-electron chi connectivity index (χ3n) is 3.83. The first-order chi connectivity index (χ1) is 11.2. The summed E-state index contributed by atoms with van der Waals surface area (Å²) < 4.78 is 1.69. The van der Waals surface area contributed by atoms with Gasteiger partial charge in [0.25, 0.3) is 5.78 Å². The summed E-state index contributed by atoms with van der Waals surface area (Å²) in [4.78, 5) is 20.1. The van der Waals surface area contributed by atoms with E-state index in [0.717, 1.165) is 41.1 Å². The van der Waals surface area contributed by atoms with Crippen LogP contribution in [0.15, 0.2) is 35.4 Å². The number of aliphatic carboxylic acids is 1. The molecular formula is C16H14N4O2S. The van der Waals surface area contributed by atoms with Gasteiger partial charge in [-0.05, 0) is 19.3 Å². The van der Waals surface area contributed by atoms with Crippen LogP contribution >= 0.6 is 11.8 Å². The minimum absolute atomic E-state index is 0.00604. The molecule has 1 aliphatic rings. The van der Waals surface area contributed by atoms with E-state index in [9.17, 15) is 4.79 Å². The Morgan fingerprint density at radius 2 is 2.04 bits per heavy atom. The molecule has 0 atom stereocenters. The average Bonchev–Trinajstić information content (AvgIpc) is 3.18. The predicted molar refractivity (Wildman–Crippen MR) is 86.6 cm³/mol. The van der Waals surface area contributed by atoms with Crippen LogP contribution < -0.4 is 0 Å². The van der Waals surface area contributed by atoms with Gasteiger partial charge in [-0.15, -0.1) is 5.10 Å². The molecule has 7 heteroatoms. The van der Waals surface area contributed by atoms with Crippen LogP contribution in [-0.4, -0.2) is 36.4 Å². The monoisotopic (exact) mass is 326 g/mol. The van der Waals surface area contributed by atoms with Gasteiger partial charge < -0.3 is 5.11 Å². The van der Waals surface area contributed by atoms with Crippen molar-refractivity contribution < 1.29 is 9.90 Å². The Morgan fingerprint density at radius 1 is 1.22 bits per heavy atom. The number of carboxylic acids is 1. The fourth-order valence-corrected chi connectivity index (χ4v) is 3.73. The van der Waals surface area contributed by atoms with Crippen LogP contribution in [0.2, 0.25) is 0 Å². The third kappa shape index (κ3) is 2.57. The lowest BCUT2D eigenvalue weighted by Crippen LogP contribution is -2.05. The number of carboxylic acid groups (broad SMARTS) is 1. The highest BCUT2D eigenvalue weighted by Crippen LogP contribution is 2.31. The Hall–Kier alpha value is -2.41. The van der Waals surface area contributed by atoms with E-state index in [4.69, 9.17) is 5.11 Å². The first-order valence-corrected chi connectivity index (χ1v) is 8.39. The summed E-state index contributed by atoms with van der Waals surface area (Å²) in [5, 5.41) is 14.4. The van der Waals surface area contributed by atoms with Crippen LogP contribution in [0.4, 0.5) is 0 Å². The van der Waals surface area contributed by atoms with Gasteiger partial charge in [0.05, 0.1) is 11.4 Å². The number of hydrogen-bond acceptors (Lipinski definition) is 5. The van der Waals surface area contributed by atoms with Crippen LogP contribution in [-0.2, 0) is 17.6 Å². The Bertz CT molecular complexity index is 892. The Kier molecular flexibility index (Phi) is 3.49. The first-order valence-electron chi connectivity index (χ1n) is 7.41. The van der Waals surface area contributed by atoms with E-state index in [-0.39, 0.29) is 5.75 Å². The smallest absolute Gasteiger partial charge is 0.313 e. The number of fused-ring (bicyclic) bond motifs is 2. The molecule has 0 radical (unpaired) electrons. The van der Waals surface area contributed by atoms with Crippen molar-refractivity contribution in [2.24, 2.45) is 0 Å². The van der Waals surface area contributed by atoms with Crippen molar-refractivity contribution in [3.63, 3.8) is 0 Å². The summed E-state index contributed by atoms with van der Waals surface area (Å²) in [6.45, 7) is 0. The number of hydrogen-bond donors (Lipinski definition) is 1. The van der Waals surface area contributed by atoms with Crippen molar-refractivity contribution in [2.45, 2.75) is 24.3 Å². The minimum Gasteiger partial charge on any atom is -0.481 e. The topological polar surface area (TPSA) is 80.4 Å². The van der Waals surface area contributed by atoms with Gasteiger partial charge in [0.15, 0.2) is 5.82 Å². The van der Waals surface area contributed by atoms with Crippen molar-refractivity contribution in [3.05, 3.63) is 41.6 Å². The molecular weight excluding hydrogens is 312 g/mol. The molecule has 6 nitrogen and oxygen atoms in total. The molecule has 0 amide bonds. The van der Waals surface area contributed by atoms with E-state index in [2.05, 4.69) is 15.1 Å². The van der Waals surface area contributed by atoms with Gasteiger partial charge in [-0.25, -0.2) is 4.98 Å². The minimum atomic E-state index is -0.838. The standard InChI is InChI=1S/C16H14N4O2S/c21-13(22)9-23-15-11-7-4-8-12(11)17-16-18-14(19-20(15)16)10-5-2-1-3-6-10/h1-3,5-6H,4,7-9H2,(H,21,22). The van der Waals surface area contributed by atoms with Crippen molar-refractivity contribution in [1.29, 1.82) is 0 Å². The van der Waals surface area contributed by atoms with Gasteiger partial charge in [0, 0.05) is 11.1 Å². The molecule has 23 heavy (non-hydrogen) atoms. The van der Waals surface area contributed by atoms with Gasteiger partial charge in [-0.2, -0.15) is 9.50 Å². The maximum atomic E-state index is 11.0. The number of rotatable bonds is 4. The number of aryl methyl sites for hydroxylation is 1. The van der Waals surface area contributed by atoms with Crippen LogP contribution in [0.1, 0.15) is 17.7 Å². The summed E-state index contributed by atoms with van der Waals surface area (Å²) in [6, 6.07) is 9.72. The zero-order valence-electron chi connectivity index (χ0n) is 12.3. The van der Waals surface area contributed by atoms with E-state index >= 15 is 0 Å². The van der Waals surface area contributed by atoms with Crippen LogP contribution in [0.25, 0.3) is 17.2 Å². The molecule has 0 bridgehead atoms. The van der Waals surface area contributed by atoms with Crippen LogP contribution in [0, 0.1) is 0 Å². The van der Waals surface area contributed by atoms with Crippen molar-refractivity contribution in [3.8, 4) is 11.4 Å². The first kappa shape index (κ1) is 14.2. The number of carbonyl (C=O) groups is 1. The second-order valence-corrected chi connectivity index (χ2v) is 6.36. The molecule has 0 aliphatic heterocycles. The third-order valence-corrected chi connectivity index (χ3v) is 4.91. The number of thioether (sulfide) groups is 1. The highest BCUT2D eigenvalue weighted by molar-refractivity contribution is 7.99. The molecule has 1 aromatic carbocycles. The molecule has 116 valence electrons. The van der Waals surface area contributed by atoms with Crippen molar-refractivity contribution >= 4 is 23.5 Å². The predicted octanol–water partition coefficient (Wildman–Crippen LogP) is 2.46. The fourth-order valence-electron chi connectivity index (χ4n) is 2.83. The average molecular weight is 326 g/mol. The highest BCUT2D eigenvalue weighted by atomic mass is 32.2. The van der Waals surface area contributed by atoms with Gasteiger partial charge in [-0.3, -0.25) is 4.79 Å². The van der Waals surface area contributed by atoms with Gasteiger partial charge in [0.1, 0.15) is 5.03 Å². The molecule has 0 fully saturated rings. The molecule has 0 saturated carbocycles. The van der Waals surface area contributed by atoms with Crippen molar-refractivity contribution in [1.82, 2.24) is 19.6 Å². The summed E-state index contributed by atoms with van der Waals surface area (Å²) in [6.07, 6.45) is 2.88. The fraction of sp³-hybridized carbons (Fsp3) is 0.250. The molecule has 4 rings (SSSR count). The van der Waals surface area contributed by atoms with E-state index in [1.165, 1.54) is 11.8 Å². The van der Waals surface area contributed by atoms with E-state index < -0.39 is 5.97 Å². The van der Waals surface area contributed by atoms with E-state index in [1.807, 2.05) is 30.3 Å². The lowest BCUT2D eigenvalue weighted by atomic mass is 10.2. The number of nitrogens with zero attached hydrogens (tertiary/aromatic N) is 4. The summed E-state index contributed by atoms with van der Waals surface area (Å²) in [5.74, 6) is 0.318. The van der Waals surface area contributed by atoms with Crippen LogP contribution in [0.5, 0.6) is 0 Å². The number of aromatic nitrogens is 4. The maximum Gasteiger partial charge on any atom is 0.313 e. The molecule has 0 spiro atoms.